The van der Waals surface area contributed by atoms with Crippen molar-refractivity contribution in [3.05, 3.63) is 90.7 Å². The Kier molecular flexibility index (Phi) is 5.67. The fourth-order valence-corrected chi connectivity index (χ4v) is 3.59. The Morgan fingerprint density at radius 3 is 2.38 bits per heavy atom. The molecular weight excluding hydrogens is 387 g/mol. The number of hydrogen-bond donors (Lipinski definition) is 1. The molecule has 0 saturated heterocycles. The summed E-state index contributed by atoms with van der Waals surface area (Å²) in [7, 11) is 0. The topological polar surface area (TPSA) is 59.8 Å². The van der Waals surface area contributed by atoms with Gasteiger partial charge in [0.1, 0.15) is 5.82 Å². The maximum Gasteiger partial charge on any atom is 0.234 e. The summed E-state index contributed by atoms with van der Waals surface area (Å²) in [6, 6.07) is 25.3. The Morgan fingerprint density at radius 2 is 1.66 bits per heavy atom. The quantitative estimate of drug-likeness (QED) is 0.469. The van der Waals surface area contributed by atoms with E-state index < -0.39 is 5.82 Å². The summed E-state index contributed by atoms with van der Waals surface area (Å²) in [5, 5.41) is 11.9. The zero-order chi connectivity index (χ0) is 20.1. The molecule has 5 nitrogen and oxygen atoms in total. The Balaban J connectivity index is 1.57. The monoisotopic (exact) mass is 404 g/mol. The van der Waals surface area contributed by atoms with Crippen LogP contribution in [0.4, 0.5) is 10.1 Å². The van der Waals surface area contributed by atoms with Crippen LogP contribution >= 0.6 is 11.8 Å². The summed E-state index contributed by atoms with van der Waals surface area (Å²) in [6.45, 7) is 0. The average Bonchev–Trinajstić information content (AvgIpc) is 3.17. The van der Waals surface area contributed by atoms with Gasteiger partial charge in [0.2, 0.25) is 5.91 Å². The van der Waals surface area contributed by atoms with Crippen LogP contribution in [0.5, 0.6) is 0 Å². The highest BCUT2D eigenvalue weighted by atomic mass is 32.2. The molecule has 0 aliphatic rings. The first-order chi connectivity index (χ1) is 14.2. The Hall–Kier alpha value is -3.45. The normalized spacial score (nSPS) is 10.7. The van der Waals surface area contributed by atoms with Gasteiger partial charge in [-0.05, 0) is 30.3 Å². The van der Waals surface area contributed by atoms with E-state index in [4.69, 9.17) is 0 Å². The van der Waals surface area contributed by atoms with Gasteiger partial charge in [-0.15, -0.1) is 10.2 Å². The van der Waals surface area contributed by atoms with Gasteiger partial charge in [0.25, 0.3) is 0 Å². The van der Waals surface area contributed by atoms with E-state index in [9.17, 15) is 9.18 Å². The van der Waals surface area contributed by atoms with Gasteiger partial charge in [-0.3, -0.25) is 9.36 Å². The van der Waals surface area contributed by atoms with Crippen molar-refractivity contribution in [1.29, 1.82) is 0 Å². The number of nitrogens with zero attached hydrogens (tertiary/aromatic N) is 3. The third kappa shape index (κ3) is 4.52. The van der Waals surface area contributed by atoms with Crippen LogP contribution < -0.4 is 5.32 Å². The molecule has 0 atom stereocenters. The summed E-state index contributed by atoms with van der Waals surface area (Å²) < 4.78 is 15.2. The number of carbonyl (C=O) groups is 1. The fraction of sp³-hybridized carbons (Fsp3) is 0.0455. The van der Waals surface area contributed by atoms with Gasteiger partial charge < -0.3 is 5.32 Å². The fourth-order valence-electron chi connectivity index (χ4n) is 2.84. The highest BCUT2D eigenvalue weighted by molar-refractivity contribution is 7.99. The van der Waals surface area contributed by atoms with Crippen LogP contribution in [0.1, 0.15) is 0 Å². The third-order valence-corrected chi connectivity index (χ3v) is 5.05. The van der Waals surface area contributed by atoms with Crippen molar-refractivity contribution in [3.63, 3.8) is 0 Å². The zero-order valence-electron chi connectivity index (χ0n) is 15.3. The lowest BCUT2D eigenvalue weighted by Gasteiger charge is -2.10. The first-order valence-corrected chi connectivity index (χ1v) is 9.94. The molecule has 7 heteroatoms. The van der Waals surface area contributed by atoms with Crippen LogP contribution in [-0.2, 0) is 4.79 Å². The molecular formula is C22H17FN4OS. The van der Waals surface area contributed by atoms with Crippen LogP contribution in [-0.4, -0.2) is 26.4 Å². The molecule has 0 radical (unpaired) electrons. The van der Waals surface area contributed by atoms with Gasteiger partial charge in [-0.2, -0.15) is 0 Å². The highest BCUT2D eigenvalue weighted by Crippen LogP contribution is 2.27. The number of benzene rings is 3. The molecule has 0 aliphatic carbocycles. The largest absolute Gasteiger partial charge is 0.325 e. The van der Waals surface area contributed by atoms with Crippen molar-refractivity contribution in [3.8, 4) is 17.1 Å². The second-order valence-electron chi connectivity index (χ2n) is 6.19. The number of carbonyl (C=O) groups excluding carboxylic acids is 1. The number of nitrogens with one attached hydrogen (secondary N) is 1. The predicted octanol–water partition coefficient (Wildman–Crippen LogP) is 4.80. The molecule has 0 fully saturated rings. The van der Waals surface area contributed by atoms with E-state index in [1.807, 2.05) is 65.2 Å². The molecule has 0 spiro atoms. The van der Waals surface area contributed by atoms with Crippen LogP contribution in [0, 0.1) is 5.82 Å². The number of halogens is 1. The smallest absolute Gasteiger partial charge is 0.234 e. The van der Waals surface area contributed by atoms with Crippen molar-refractivity contribution >= 4 is 23.4 Å². The second kappa shape index (κ2) is 8.70. The number of aromatic nitrogens is 3. The van der Waals surface area contributed by atoms with Crippen molar-refractivity contribution in [1.82, 2.24) is 14.8 Å². The molecule has 1 aromatic heterocycles. The molecule has 0 bridgehead atoms. The van der Waals surface area contributed by atoms with E-state index in [-0.39, 0.29) is 11.7 Å². The number of hydrogen-bond acceptors (Lipinski definition) is 4. The minimum absolute atomic E-state index is 0.121. The van der Waals surface area contributed by atoms with Crippen molar-refractivity contribution in [2.45, 2.75) is 5.16 Å². The molecule has 0 saturated carbocycles. The molecule has 0 unspecified atom stereocenters. The number of amides is 1. The summed E-state index contributed by atoms with van der Waals surface area (Å²) in [5.41, 5.74) is 2.26. The lowest BCUT2D eigenvalue weighted by Crippen LogP contribution is -2.14. The van der Waals surface area contributed by atoms with E-state index in [2.05, 4.69) is 15.5 Å². The molecule has 3 aromatic carbocycles. The summed E-state index contributed by atoms with van der Waals surface area (Å²) in [4.78, 5) is 12.3. The lowest BCUT2D eigenvalue weighted by molar-refractivity contribution is -0.113. The van der Waals surface area contributed by atoms with Gasteiger partial charge in [0.05, 0.1) is 5.75 Å². The molecule has 1 N–H and O–H groups in total. The van der Waals surface area contributed by atoms with E-state index in [1.54, 1.807) is 12.1 Å². The van der Waals surface area contributed by atoms with Crippen molar-refractivity contribution in [2.24, 2.45) is 0 Å². The minimum Gasteiger partial charge on any atom is -0.325 e. The molecule has 0 aliphatic heterocycles. The van der Waals surface area contributed by atoms with Gasteiger partial charge in [-0.25, -0.2) is 4.39 Å². The molecule has 144 valence electrons. The summed E-state index contributed by atoms with van der Waals surface area (Å²) >= 11 is 1.27. The Labute approximate surface area is 171 Å². The second-order valence-corrected chi connectivity index (χ2v) is 7.13. The zero-order valence-corrected chi connectivity index (χ0v) is 16.1. The standard InChI is InChI=1S/C22H17FN4OS/c23-17-10-7-11-18(14-17)24-20(28)15-29-22-26-25-21(16-8-3-1-4-9-16)27(22)19-12-5-2-6-13-19/h1-14H,15H2,(H,24,28). The molecule has 4 rings (SSSR count). The van der Waals surface area contributed by atoms with E-state index in [0.717, 1.165) is 11.3 Å². The van der Waals surface area contributed by atoms with Crippen LogP contribution in [0.15, 0.2) is 90.1 Å². The number of rotatable bonds is 6. The van der Waals surface area contributed by atoms with Crippen LogP contribution in [0.2, 0.25) is 0 Å². The Bertz CT molecular complexity index is 1120. The predicted molar refractivity (Wildman–Crippen MR) is 113 cm³/mol. The molecule has 1 heterocycles. The summed E-state index contributed by atoms with van der Waals surface area (Å²) in [6.07, 6.45) is 0. The van der Waals surface area contributed by atoms with E-state index in [1.165, 1.54) is 23.9 Å². The van der Waals surface area contributed by atoms with Gasteiger partial charge in [-0.1, -0.05) is 66.4 Å². The van der Waals surface area contributed by atoms with E-state index >= 15 is 0 Å². The van der Waals surface area contributed by atoms with Gasteiger partial charge in [0, 0.05) is 16.9 Å². The van der Waals surface area contributed by atoms with Crippen molar-refractivity contribution < 1.29 is 9.18 Å². The average molecular weight is 404 g/mol. The first-order valence-electron chi connectivity index (χ1n) is 8.95. The maximum absolute atomic E-state index is 13.3. The summed E-state index contributed by atoms with van der Waals surface area (Å²) in [5.74, 6) is 0.178. The van der Waals surface area contributed by atoms with E-state index in [0.29, 0.717) is 16.7 Å². The maximum atomic E-state index is 13.3. The first kappa shape index (κ1) is 18.9. The minimum atomic E-state index is -0.397. The molecule has 1 amide bonds. The van der Waals surface area contributed by atoms with Crippen LogP contribution in [0.25, 0.3) is 17.1 Å². The molecule has 29 heavy (non-hydrogen) atoms. The number of thioether (sulfide) groups is 1. The SMILES string of the molecule is O=C(CSc1nnc(-c2ccccc2)n1-c1ccccc1)Nc1cccc(F)c1. The molecule has 4 aromatic rings. The third-order valence-electron chi connectivity index (χ3n) is 4.12. The van der Waals surface area contributed by atoms with Crippen molar-refractivity contribution in [2.75, 3.05) is 11.1 Å². The van der Waals surface area contributed by atoms with Crippen LogP contribution in [0.3, 0.4) is 0 Å². The number of para-hydroxylation sites is 1. The Morgan fingerprint density at radius 1 is 0.931 bits per heavy atom. The highest BCUT2D eigenvalue weighted by Gasteiger charge is 2.17. The lowest BCUT2D eigenvalue weighted by atomic mass is 10.2. The van der Waals surface area contributed by atoms with Gasteiger partial charge in [0.15, 0.2) is 11.0 Å². The van der Waals surface area contributed by atoms with Gasteiger partial charge >= 0.3 is 0 Å². The number of anilines is 1.